The maximum atomic E-state index is 13.5. The normalized spacial score (nSPS) is 12.2. The number of benzene rings is 1. The number of hydrogen-bond acceptors (Lipinski definition) is 4. The number of methoxy groups -OCH3 is 1. The van der Waals surface area contributed by atoms with Crippen LogP contribution in [0.1, 0.15) is 17.4 Å². The van der Waals surface area contributed by atoms with Gasteiger partial charge in [-0.1, -0.05) is 6.07 Å². The fourth-order valence-electron chi connectivity index (χ4n) is 1.47. The van der Waals surface area contributed by atoms with Crippen molar-refractivity contribution in [2.75, 3.05) is 7.11 Å². The number of aromatic nitrogens is 2. The largest absolute Gasteiger partial charge is 0.480 e. The summed E-state index contributed by atoms with van der Waals surface area (Å²) in [6.45, 7) is 0. The van der Waals surface area contributed by atoms with Gasteiger partial charge in [0.1, 0.15) is 17.7 Å². The van der Waals surface area contributed by atoms with Gasteiger partial charge in [0.15, 0.2) is 0 Å². The van der Waals surface area contributed by atoms with E-state index in [2.05, 4.69) is 10.2 Å². The highest BCUT2D eigenvalue weighted by Crippen LogP contribution is 2.23. The molecule has 0 amide bonds. The van der Waals surface area contributed by atoms with E-state index in [0.29, 0.717) is 6.07 Å². The van der Waals surface area contributed by atoms with Crippen LogP contribution in [0, 0.1) is 11.6 Å². The topological polar surface area (TPSA) is 55.2 Å². The van der Waals surface area contributed by atoms with Crippen LogP contribution in [-0.4, -0.2) is 22.4 Å². The van der Waals surface area contributed by atoms with E-state index in [0.717, 1.165) is 6.07 Å². The Kier molecular flexibility index (Phi) is 3.47. The van der Waals surface area contributed by atoms with Gasteiger partial charge < -0.3 is 9.84 Å². The molecule has 1 aromatic heterocycles. The summed E-state index contributed by atoms with van der Waals surface area (Å²) in [7, 11) is 1.43. The Morgan fingerprint density at radius 3 is 2.50 bits per heavy atom. The lowest BCUT2D eigenvalue weighted by Crippen LogP contribution is -2.06. The van der Waals surface area contributed by atoms with Gasteiger partial charge in [-0.25, -0.2) is 8.78 Å². The van der Waals surface area contributed by atoms with Crippen LogP contribution in [0.4, 0.5) is 8.78 Å². The van der Waals surface area contributed by atoms with E-state index in [-0.39, 0.29) is 17.1 Å². The first kappa shape index (κ1) is 12.4. The van der Waals surface area contributed by atoms with E-state index in [4.69, 9.17) is 4.74 Å². The molecule has 1 atom stereocenters. The number of ether oxygens (including phenoxy) is 1. The smallest absolute Gasteiger partial charge is 0.233 e. The van der Waals surface area contributed by atoms with Crippen LogP contribution < -0.4 is 4.74 Å². The second-order valence-electron chi connectivity index (χ2n) is 3.57. The molecular formula is C12H10F2N2O2. The molecule has 2 rings (SSSR count). The molecule has 0 radical (unpaired) electrons. The number of halogens is 2. The molecule has 1 heterocycles. The number of nitrogens with zero attached hydrogens (tertiary/aromatic N) is 2. The summed E-state index contributed by atoms with van der Waals surface area (Å²) in [5.74, 6) is -1.25. The fraction of sp³-hybridized carbons (Fsp3) is 0.167. The Bertz CT molecular complexity index is 546. The summed E-state index contributed by atoms with van der Waals surface area (Å²) in [4.78, 5) is 0. The third-order valence-electron chi connectivity index (χ3n) is 2.41. The highest BCUT2D eigenvalue weighted by atomic mass is 19.1. The average Bonchev–Trinajstić information content (AvgIpc) is 2.38. The van der Waals surface area contributed by atoms with Crippen molar-refractivity contribution in [1.29, 1.82) is 0 Å². The van der Waals surface area contributed by atoms with E-state index in [1.54, 1.807) is 0 Å². The minimum atomic E-state index is -1.30. The molecular weight excluding hydrogens is 242 g/mol. The molecule has 0 aliphatic carbocycles. The van der Waals surface area contributed by atoms with Gasteiger partial charge in [0.25, 0.3) is 0 Å². The standard InChI is InChI=1S/C12H10F2N2O2/c1-18-11-5-4-10(15-16-11)12(17)8-3-2-7(13)6-9(8)14/h2-6,12,17H,1H3. The molecule has 1 N–H and O–H groups in total. The number of hydrogen-bond donors (Lipinski definition) is 1. The van der Waals surface area contributed by atoms with Crippen LogP contribution in [0.2, 0.25) is 0 Å². The van der Waals surface area contributed by atoms with Crippen LogP contribution in [0.3, 0.4) is 0 Å². The molecule has 1 unspecified atom stereocenters. The Morgan fingerprint density at radius 2 is 1.94 bits per heavy atom. The summed E-state index contributed by atoms with van der Waals surface area (Å²) in [5, 5.41) is 17.3. The van der Waals surface area contributed by atoms with Gasteiger partial charge in [-0.2, -0.15) is 0 Å². The lowest BCUT2D eigenvalue weighted by molar-refractivity contribution is 0.208. The molecule has 4 nitrogen and oxygen atoms in total. The first-order valence-electron chi connectivity index (χ1n) is 5.12. The molecule has 0 fully saturated rings. The van der Waals surface area contributed by atoms with Crippen LogP contribution in [-0.2, 0) is 0 Å². The van der Waals surface area contributed by atoms with Gasteiger partial charge in [0.05, 0.1) is 12.8 Å². The maximum absolute atomic E-state index is 13.5. The summed E-state index contributed by atoms with van der Waals surface area (Å²) >= 11 is 0. The van der Waals surface area contributed by atoms with Crippen LogP contribution in [0.5, 0.6) is 5.88 Å². The molecule has 94 valence electrons. The molecule has 0 saturated carbocycles. The summed E-state index contributed by atoms with van der Waals surface area (Å²) in [6, 6.07) is 5.89. The Balaban J connectivity index is 2.31. The van der Waals surface area contributed by atoms with E-state index in [1.807, 2.05) is 0 Å². The van der Waals surface area contributed by atoms with E-state index in [1.165, 1.54) is 25.3 Å². The van der Waals surface area contributed by atoms with E-state index < -0.39 is 17.7 Å². The molecule has 0 saturated heterocycles. The third-order valence-corrected chi connectivity index (χ3v) is 2.41. The zero-order chi connectivity index (χ0) is 13.1. The first-order chi connectivity index (χ1) is 8.61. The minimum absolute atomic E-state index is 0.0594. The van der Waals surface area contributed by atoms with Crippen molar-refractivity contribution in [2.45, 2.75) is 6.10 Å². The van der Waals surface area contributed by atoms with Crippen LogP contribution in [0.15, 0.2) is 30.3 Å². The fourth-order valence-corrected chi connectivity index (χ4v) is 1.47. The van der Waals surface area contributed by atoms with Crippen molar-refractivity contribution in [3.63, 3.8) is 0 Å². The molecule has 6 heteroatoms. The van der Waals surface area contributed by atoms with Crippen molar-refractivity contribution in [3.8, 4) is 5.88 Å². The minimum Gasteiger partial charge on any atom is -0.480 e. The average molecular weight is 252 g/mol. The molecule has 1 aromatic carbocycles. The maximum Gasteiger partial charge on any atom is 0.233 e. The quantitative estimate of drug-likeness (QED) is 0.905. The first-order valence-corrected chi connectivity index (χ1v) is 5.12. The van der Waals surface area contributed by atoms with E-state index >= 15 is 0 Å². The van der Waals surface area contributed by atoms with Gasteiger partial charge >= 0.3 is 0 Å². The van der Waals surface area contributed by atoms with Crippen molar-refractivity contribution in [1.82, 2.24) is 10.2 Å². The lowest BCUT2D eigenvalue weighted by Gasteiger charge is -2.11. The second-order valence-corrected chi connectivity index (χ2v) is 3.57. The molecule has 2 aromatic rings. The van der Waals surface area contributed by atoms with Crippen LogP contribution in [0.25, 0.3) is 0 Å². The lowest BCUT2D eigenvalue weighted by atomic mass is 10.1. The second kappa shape index (κ2) is 5.05. The summed E-state index contributed by atoms with van der Waals surface area (Å²) in [5.41, 5.74) is 0.0946. The Hall–Kier alpha value is -2.08. The number of rotatable bonds is 3. The number of aliphatic hydroxyl groups is 1. The predicted molar refractivity (Wildman–Crippen MR) is 59.0 cm³/mol. The monoisotopic (exact) mass is 252 g/mol. The number of aliphatic hydroxyl groups excluding tert-OH is 1. The zero-order valence-electron chi connectivity index (χ0n) is 9.47. The highest BCUT2D eigenvalue weighted by molar-refractivity contribution is 5.27. The molecule has 0 aliphatic rings. The molecule has 0 bridgehead atoms. The molecule has 0 aliphatic heterocycles. The summed E-state index contributed by atoms with van der Waals surface area (Å²) < 4.78 is 31.0. The van der Waals surface area contributed by atoms with Gasteiger partial charge in [0, 0.05) is 17.7 Å². The molecule has 0 spiro atoms. The molecule has 18 heavy (non-hydrogen) atoms. The summed E-state index contributed by atoms with van der Waals surface area (Å²) in [6.07, 6.45) is -1.30. The van der Waals surface area contributed by atoms with Gasteiger partial charge in [-0.15, -0.1) is 10.2 Å². The van der Waals surface area contributed by atoms with Crippen molar-refractivity contribution >= 4 is 0 Å². The SMILES string of the molecule is COc1ccc(C(O)c2ccc(F)cc2F)nn1. The Morgan fingerprint density at radius 1 is 1.17 bits per heavy atom. The predicted octanol–water partition coefficient (Wildman–Crippen LogP) is 1.85. The van der Waals surface area contributed by atoms with Crippen molar-refractivity contribution in [2.24, 2.45) is 0 Å². The van der Waals surface area contributed by atoms with Gasteiger partial charge in [-0.3, -0.25) is 0 Å². The van der Waals surface area contributed by atoms with Gasteiger partial charge in [0.2, 0.25) is 5.88 Å². The highest BCUT2D eigenvalue weighted by Gasteiger charge is 2.17. The third kappa shape index (κ3) is 2.43. The zero-order valence-corrected chi connectivity index (χ0v) is 9.47. The van der Waals surface area contributed by atoms with Crippen molar-refractivity contribution in [3.05, 3.63) is 53.2 Å². The Labute approximate surface area is 102 Å². The van der Waals surface area contributed by atoms with Crippen molar-refractivity contribution < 1.29 is 18.6 Å². The van der Waals surface area contributed by atoms with E-state index in [9.17, 15) is 13.9 Å². The van der Waals surface area contributed by atoms with Crippen LogP contribution >= 0.6 is 0 Å². The van der Waals surface area contributed by atoms with Gasteiger partial charge in [-0.05, 0) is 12.1 Å².